The zero-order valence-corrected chi connectivity index (χ0v) is 21.6. The fourth-order valence-electron chi connectivity index (χ4n) is 4.76. The third-order valence-electron chi connectivity index (χ3n) is 6.55. The van der Waals surface area contributed by atoms with Crippen molar-refractivity contribution in [3.8, 4) is 11.4 Å². The van der Waals surface area contributed by atoms with Crippen LogP contribution in [0.25, 0.3) is 16.6 Å². The molecule has 0 spiro atoms. The van der Waals surface area contributed by atoms with Gasteiger partial charge >= 0.3 is 0 Å². The number of pyridine rings is 1. The van der Waals surface area contributed by atoms with Gasteiger partial charge in [-0.25, -0.2) is 14.1 Å². The molecule has 9 heteroatoms. The smallest absolute Gasteiger partial charge is 0.241 e. The highest BCUT2D eigenvalue weighted by Crippen LogP contribution is 2.35. The minimum atomic E-state index is -0.491. The van der Waals surface area contributed by atoms with Gasteiger partial charge in [0.2, 0.25) is 5.91 Å². The first-order valence-corrected chi connectivity index (χ1v) is 12.5. The number of aryl methyl sites for hydroxylation is 2. The lowest BCUT2D eigenvalue weighted by molar-refractivity contribution is -0.129. The summed E-state index contributed by atoms with van der Waals surface area (Å²) in [4.78, 5) is 19.1. The third-order valence-corrected chi connectivity index (χ3v) is 7.29. The van der Waals surface area contributed by atoms with Gasteiger partial charge in [-0.15, -0.1) is 11.6 Å². The molecule has 6 nitrogen and oxygen atoms in total. The van der Waals surface area contributed by atoms with E-state index in [1.54, 1.807) is 4.90 Å². The molecule has 5 rings (SSSR count). The molecule has 4 aromatic rings. The van der Waals surface area contributed by atoms with E-state index in [1.807, 2.05) is 57.2 Å². The van der Waals surface area contributed by atoms with Crippen LogP contribution < -0.4 is 4.74 Å². The number of carbonyl (C=O) groups excluding carboxylic acids is 1. The molecule has 1 aliphatic rings. The molecule has 0 saturated carbocycles. The Morgan fingerprint density at radius 1 is 1.25 bits per heavy atom. The number of ether oxygens (including phenoxy) is 1. The normalized spacial score (nSPS) is 16.7. The van der Waals surface area contributed by atoms with E-state index >= 15 is 0 Å². The topological polar surface area (TPSA) is 60.2 Å². The van der Waals surface area contributed by atoms with Gasteiger partial charge in [0.25, 0.3) is 0 Å². The lowest BCUT2D eigenvalue weighted by Gasteiger charge is -2.27. The molecule has 1 amide bonds. The van der Waals surface area contributed by atoms with E-state index in [2.05, 4.69) is 5.10 Å². The van der Waals surface area contributed by atoms with Crippen LogP contribution in [0.2, 0.25) is 5.02 Å². The molecule has 1 unspecified atom stereocenters. The van der Waals surface area contributed by atoms with Gasteiger partial charge < -0.3 is 9.64 Å². The van der Waals surface area contributed by atoms with E-state index in [0.717, 1.165) is 27.8 Å². The van der Waals surface area contributed by atoms with Crippen molar-refractivity contribution >= 4 is 40.0 Å². The molecular formula is C27H25Cl2FN4O2. The number of hydrogen-bond donors (Lipinski definition) is 0. The fraction of sp³-hybridized carbons (Fsp3) is 0.296. The Hall–Kier alpha value is -3.16. The number of likely N-dealkylation sites (tertiary alicyclic amines) is 1. The summed E-state index contributed by atoms with van der Waals surface area (Å²) in [5.74, 6) is 0.0843. The summed E-state index contributed by atoms with van der Waals surface area (Å²) in [6, 6.07) is 11.2. The molecule has 0 aliphatic carbocycles. The van der Waals surface area contributed by atoms with Crippen molar-refractivity contribution < 1.29 is 13.9 Å². The number of aromatic nitrogens is 3. The molecule has 1 saturated heterocycles. The molecule has 36 heavy (non-hydrogen) atoms. The minimum absolute atomic E-state index is 0.0648. The summed E-state index contributed by atoms with van der Waals surface area (Å²) < 4.78 is 21.4. The molecule has 3 heterocycles. The van der Waals surface area contributed by atoms with Gasteiger partial charge in [0.05, 0.1) is 24.1 Å². The van der Waals surface area contributed by atoms with Gasteiger partial charge in [0, 0.05) is 28.2 Å². The fourth-order valence-corrected chi connectivity index (χ4v) is 5.32. The van der Waals surface area contributed by atoms with Crippen LogP contribution in [-0.4, -0.2) is 37.5 Å². The van der Waals surface area contributed by atoms with Crippen molar-refractivity contribution in [3.63, 3.8) is 0 Å². The predicted octanol–water partition coefficient (Wildman–Crippen LogP) is 6.31. The molecule has 2 aromatic carbocycles. The van der Waals surface area contributed by atoms with E-state index < -0.39 is 11.2 Å². The Bertz CT molecular complexity index is 1470. The second-order valence-corrected chi connectivity index (χ2v) is 10.0. The first-order valence-electron chi connectivity index (χ1n) is 11.7. The van der Waals surface area contributed by atoms with Crippen molar-refractivity contribution in [2.75, 3.05) is 6.54 Å². The third kappa shape index (κ3) is 4.53. The van der Waals surface area contributed by atoms with E-state index in [9.17, 15) is 9.18 Å². The summed E-state index contributed by atoms with van der Waals surface area (Å²) in [5, 5.41) is 4.97. The summed E-state index contributed by atoms with van der Waals surface area (Å²) in [6.45, 7) is 6.61. The quantitative estimate of drug-likeness (QED) is 0.276. The molecule has 1 fully saturated rings. The molecular weight excluding hydrogens is 502 g/mol. The molecule has 1 aliphatic heterocycles. The van der Waals surface area contributed by atoms with E-state index in [1.165, 1.54) is 17.1 Å². The zero-order chi connectivity index (χ0) is 25.6. The van der Waals surface area contributed by atoms with Gasteiger partial charge in [-0.1, -0.05) is 29.8 Å². The molecule has 2 aromatic heterocycles. The van der Waals surface area contributed by atoms with Gasteiger partial charge in [0.1, 0.15) is 23.3 Å². The SMILES string of the molecule is Cc1cc(Cl)c(COc2cccc3c(-n4cc(F)cn4)cc(C)nc23)c([C@H](C)N2CCC(Cl)C2=O)c1. The van der Waals surface area contributed by atoms with Crippen molar-refractivity contribution in [1.82, 2.24) is 19.7 Å². The molecule has 2 atom stereocenters. The van der Waals surface area contributed by atoms with Crippen LogP contribution in [0.5, 0.6) is 5.75 Å². The summed E-state index contributed by atoms with van der Waals surface area (Å²) in [6.07, 6.45) is 3.12. The van der Waals surface area contributed by atoms with Gasteiger partial charge in [-0.2, -0.15) is 5.10 Å². The summed E-state index contributed by atoms with van der Waals surface area (Å²) >= 11 is 12.9. The second-order valence-electron chi connectivity index (χ2n) is 9.11. The van der Waals surface area contributed by atoms with E-state index in [-0.39, 0.29) is 18.6 Å². The van der Waals surface area contributed by atoms with Crippen LogP contribution in [0.15, 0.2) is 48.8 Å². The average Bonchev–Trinajstić information content (AvgIpc) is 3.42. The van der Waals surface area contributed by atoms with Crippen molar-refractivity contribution in [1.29, 1.82) is 0 Å². The minimum Gasteiger partial charge on any atom is -0.487 e. The number of amides is 1. The van der Waals surface area contributed by atoms with Crippen LogP contribution in [0.1, 0.15) is 41.8 Å². The van der Waals surface area contributed by atoms with Crippen LogP contribution >= 0.6 is 23.2 Å². The zero-order valence-electron chi connectivity index (χ0n) is 20.1. The Balaban J connectivity index is 1.51. The maximum atomic E-state index is 13.7. The van der Waals surface area contributed by atoms with Crippen molar-refractivity contribution in [3.05, 3.63) is 82.0 Å². The second kappa shape index (κ2) is 9.71. The lowest BCUT2D eigenvalue weighted by atomic mass is 9.98. The lowest BCUT2D eigenvalue weighted by Crippen LogP contribution is -2.31. The number of alkyl halides is 1. The number of nitrogens with zero attached hydrogens (tertiary/aromatic N) is 4. The van der Waals surface area contributed by atoms with Gasteiger partial charge in [0.15, 0.2) is 5.82 Å². The highest BCUT2D eigenvalue weighted by atomic mass is 35.5. The number of fused-ring (bicyclic) bond motifs is 1. The number of rotatable bonds is 6. The first-order chi connectivity index (χ1) is 17.2. The Labute approximate surface area is 218 Å². The molecule has 186 valence electrons. The van der Waals surface area contributed by atoms with Crippen molar-refractivity contribution in [2.45, 2.75) is 45.2 Å². The van der Waals surface area contributed by atoms with Crippen LogP contribution in [-0.2, 0) is 11.4 Å². The number of halogens is 3. The maximum absolute atomic E-state index is 13.7. The highest BCUT2D eigenvalue weighted by molar-refractivity contribution is 6.32. The monoisotopic (exact) mass is 526 g/mol. The largest absolute Gasteiger partial charge is 0.487 e. The predicted molar refractivity (Wildman–Crippen MR) is 138 cm³/mol. The summed E-state index contributed by atoms with van der Waals surface area (Å²) in [5.41, 5.74) is 4.82. The van der Waals surface area contributed by atoms with Crippen molar-refractivity contribution in [2.24, 2.45) is 0 Å². The van der Waals surface area contributed by atoms with Gasteiger partial charge in [-0.3, -0.25) is 4.79 Å². The number of carbonyl (C=O) groups is 1. The van der Waals surface area contributed by atoms with Crippen LogP contribution in [0.3, 0.4) is 0 Å². The Morgan fingerprint density at radius 2 is 2.06 bits per heavy atom. The van der Waals surface area contributed by atoms with E-state index in [0.29, 0.717) is 34.9 Å². The van der Waals surface area contributed by atoms with Crippen LogP contribution in [0, 0.1) is 19.7 Å². The standard InChI is InChI=1S/C27H25Cl2FN4O2/c1-15-9-20(17(3)33-8-7-22(28)27(33)35)21(23(29)10-15)14-36-25-6-4-5-19-24(11-16(2)32-26(19)25)34-13-18(30)12-31-34/h4-6,9-13,17,22H,7-8,14H2,1-3H3/t17-,22?/m0/s1. The number of para-hydroxylation sites is 1. The first kappa shape index (κ1) is 24.5. The molecule has 0 bridgehead atoms. The maximum Gasteiger partial charge on any atom is 0.241 e. The van der Waals surface area contributed by atoms with Crippen LogP contribution in [0.4, 0.5) is 4.39 Å². The highest BCUT2D eigenvalue weighted by Gasteiger charge is 2.34. The average molecular weight is 527 g/mol. The molecule has 0 N–H and O–H groups in total. The van der Waals surface area contributed by atoms with Gasteiger partial charge in [-0.05, 0) is 56.5 Å². The Kier molecular flexibility index (Phi) is 6.62. The number of hydrogen-bond acceptors (Lipinski definition) is 4. The van der Waals surface area contributed by atoms with E-state index in [4.69, 9.17) is 32.9 Å². The molecule has 0 radical (unpaired) electrons. The number of benzene rings is 2. The summed E-state index contributed by atoms with van der Waals surface area (Å²) in [7, 11) is 0. The Morgan fingerprint density at radius 3 is 2.75 bits per heavy atom.